The second-order valence-corrected chi connectivity index (χ2v) is 12.7. The molecule has 1 saturated heterocycles. The summed E-state index contributed by atoms with van der Waals surface area (Å²) in [6.07, 6.45) is -4.08. The molecule has 0 unspecified atom stereocenters. The highest BCUT2D eigenvalue weighted by molar-refractivity contribution is 7.88. The third-order valence-electron chi connectivity index (χ3n) is 7.92. The fourth-order valence-corrected chi connectivity index (χ4v) is 6.05. The third kappa shape index (κ3) is 7.03. The van der Waals surface area contributed by atoms with E-state index in [1.165, 1.54) is 30.3 Å². The van der Waals surface area contributed by atoms with E-state index in [0.717, 1.165) is 31.9 Å². The van der Waals surface area contributed by atoms with Gasteiger partial charge in [0.05, 0.1) is 0 Å². The number of fused-ring (bicyclic) bond motifs is 2. The molecule has 2 aliphatic carbocycles. The number of anilines is 1. The number of imide groups is 1. The molecule has 242 valence electrons. The second kappa shape index (κ2) is 11.9. The number of ether oxygens (including phenoxy) is 1. The maximum absolute atomic E-state index is 13.7. The first-order chi connectivity index (χ1) is 21.1. The Labute approximate surface area is 255 Å². The molecule has 0 bridgehead atoms. The Morgan fingerprint density at radius 2 is 1.82 bits per heavy atom. The number of nitrogens with one attached hydrogen (secondary N) is 3. The minimum atomic E-state index is -4.84. The van der Waals surface area contributed by atoms with Crippen molar-refractivity contribution in [1.82, 2.24) is 19.2 Å². The Bertz CT molecular complexity index is 1630. The molecule has 1 aliphatic heterocycles. The first-order valence-electron chi connectivity index (χ1n) is 14.0. The summed E-state index contributed by atoms with van der Waals surface area (Å²) in [6, 6.07) is 5.41. The molecule has 0 aromatic heterocycles. The molecule has 1 heterocycles. The molecule has 2 aromatic rings. The highest BCUT2D eigenvalue weighted by atomic mass is 32.2. The van der Waals surface area contributed by atoms with Gasteiger partial charge in [-0.05, 0) is 67.5 Å². The van der Waals surface area contributed by atoms with E-state index >= 15 is 0 Å². The third-order valence-corrected chi connectivity index (χ3v) is 8.93. The van der Waals surface area contributed by atoms with Crippen LogP contribution in [0.4, 0.5) is 32.8 Å². The summed E-state index contributed by atoms with van der Waals surface area (Å²) >= 11 is 0. The fourth-order valence-electron chi connectivity index (χ4n) is 5.23. The van der Waals surface area contributed by atoms with Crippen molar-refractivity contribution in [1.29, 1.82) is 0 Å². The van der Waals surface area contributed by atoms with E-state index in [9.17, 15) is 45.2 Å². The lowest BCUT2D eigenvalue weighted by Gasteiger charge is -2.31. The van der Waals surface area contributed by atoms with Gasteiger partial charge in [0.2, 0.25) is 11.5 Å². The standard InChI is InChI=1S/C28H29F4N5O7S/c1-16(28(30,31)32)36(14-18-4-6-20(29)7-5-18)23(38)15-37-24(39)27(44-26(37)41)11-10-19-12-21(8-9-22(19)27)34-25(40)35-45(42,43)33-13-17-2-3-17/h4-9,12,16-17,33H,2-3,10-11,13-15H2,1H3,(H2,34,35,40)/t16-,27+/m0/s1. The van der Waals surface area contributed by atoms with Gasteiger partial charge >= 0.3 is 28.5 Å². The second-order valence-electron chi connectivity index (χ2n) is 11.2. The molecule has 3 aliphatic rings. The summed E-state index contributed by atoms with van der Waals surface area (Å²) in [7, 11) is -4.08. The number of hydrogen-bond acceptors (Lipinski definition) is 7. The quantitative estimate of drug-likeness (QED) is 0.332. The smallest absolute Gasteiger partial charge is 0.418 e. The lowest BCUT2D eigenvalue weighted by molar-refractivity contribution is -0.187. The molecule has 3 N–H and O–H groups in total. The predicted octanol–water partition coefficient (Wildman–Crippen LogP) is 3.29. The molecule has 2 atom stereocenters. The largest absolute Gasteiger partial charge is 0.427 e. The maximum Gasteiger partial charge on any atom is 0.418 e. The molecule has 2 aromatic carbocycles. The monoisotopic (exact) mass is 655 g/mol. The summed E-state index contributed by atoms with van der Waals surface area (Å²) in [5.41, 5.74) is -0.710. The zero-order valence-electron chi connectivity index (χ0n) is 23.8. The number of urea groups is 1. The van der Waals surface area contributed by atoms with Gasteiger partial charge in [0.25, 0.3) is 5.91 Å². The number of alkyl halides is 3. The van der Waals surface area contributed by atoms with E-state index in [2.05, 4.69) is 10.0 Å². The predicted molar refractivity (Wildman–Crippen MR) is 149 cm³/mol. The summed E-state index contributed by atoms with van der Waals surface area (Å²) in [5, 5.41) is 2.39. The Morgan fingerprint density at radius 3 is 2.47 bits per heavy atom. The van der Waals surface area contributed by atoms with Crippen molar-refractivity contribution in [2.75, 3.05) is 18.4 Å². The number of halogens is 4. The average molecular weight is 656 g/mol. The molecule has 17 heteroatoms. The normalized spacial score (nSPS) is 20.2. The van der Waals surface area contributed by atoms with Crippen molar-refractivity contribution in [3.05, 3.63) is 65.0 Å². The van der Waals surface area contributed by atoms with Gasteiger partial charge in [0, 0.05) is 30.8 Å². The number of benzene rings is 2. The van der Waals surface area contributed by atoms with Gasteiger partial charge < -0.3 is 15.0 Å². The molecular formula is C28H29F4N5O7S. The fraction of sp³-hybridized carbons (Fsp3) is 0.429. The lowest BCUT2D eigenvalue weighted by Crippen LogP contribution is -2.51. The zero-order valence-corrected chi connectivity index (χ0v) is 24.6. The van der Waals surface area contributed by atoms with Crippen LogP contribution < -0.4 is 14.8 Å². The van der Waals surface area contributed by atoms with Gasteiger partial charge in [-0.2, -0.15) is 26.3 Å². The van der Waals surface area contributed by atoms with Crippen LogP contribution in [0.3, 0.4) is 0 Å². The summed E-state index contributed by atoms with van der Waals surface area (Å²) < 4.78 is 88.0. The molecule has 0 radical (unpaired) electrons. The van der Waals surface area contributed by atoms with Crippen molar-refractivity contribution >= 4 is 39.8 Å². The van der Waals surface area contributed by atoms with E-state index in [4.69, 9.17) is 4.74 Å². The van der Waals surface area contributed by atoms with Gasteiger partial charge in [0.1, 0.15) is 18.4 Å². The number of amides is 5. The number of nitrogens with zero attached hydrogens (tertiary/aromatic N) is 2. The molecule has 45 heavy (non-hydrogen) atoms. The van der Waals surface area contributed by atoms with Crippen LogP contribution >= 0.6 is 0 Å². The Morgan fingerprint density at radius 1 is 1.13 bits per heavy atom. The van der Waals surface area contributed by atoms with Crippen molar-refractivity contribution < 1.29 is 49.9 Å². The van der Waals surface area contributed by atoms with Crippen LogP contribution in [0.2, 0.25) is 0 Å². The van der Waals surface area contributed by atoms with E-state index in [1.807, 2.05) is 4.72 Å². The first-order valence-corrected chi connectivity index (χ1v) is 15.4. The molecule has 5 amide bonds. The van der Waals surface area contributed by atoms with Gasteiger partial charge in [-0.3, -0.25) is 9.59 Å². The van der Waals surface area contributed by atoms with E-state index in [0.29, 0.717) is 15.4 Å². The SMILES string of the molecule is C[C@H](N(Cc1ccc(F)cc1)C(=O)CN1C(=O)O[C@@]2(CCc3cc(NC(=O)NS(=O)(=O)NCC4CC4)ccc32)C1=O)C(F)(F)F. The number of rotatable bonds is 10. The Kier molecular flexibility index (Phi) is 8.52. The number of carbonyl (C=O) groups excluding carboxylic acids is 4. The highest BCUT2D eigenvalue weighted by Gasteiger charge is 2.58. The summed E-state index contributed by atoms with van der Waals surface area (Å²) in [4.78, 5) is 52.8. The zero-order chi connectivity index (χ0) is 32.7. The average Bonchev–Trinajstić information content (AvgIpc) is 3.69. The Hall–Kier alpha value is -4.25. The van der Waals surface area contributed by atoms with Crippen LogP contribution in [-0.2, 0) is 43.1 Å². The Balaban J connectivity index is 1.28. The molecule has 5 rings (SSSR count). The number of hydrogen-bond donors (Lipinski definition) is 3. The maximum atomic E-state index is 13.7. The summed E-state index contributed by atoms with van der Waals surface area (Å²) in [5.74, 6) is -2.49. The van der Waals surface area contributed by atoms with Crippen molar-refractivity contribution in [2.45, 2.75) is 57.0 Å². The van der Waals surface area contributed by atoms with Gasteiger partial charge in [-0.15, -0.1) is 0 Å². The van der Waals surface area contributed by atoms with Gasteiger partial charge in [0.15, 0.2) is 0 Å². The topological polar surface area (TPSA) is 154 Å². The molecular weight excluding hydrogens is 626 g/mol. The summed E-state index contributed by atoms with van der Waals surface area (Å²) in [6.45, 7) is -0.621. The van der Waals surface area contributed by atoms with E-state index in [1.54, 1.807) is 0 Å². The van der Waals surface area contributed by atoms with Crippen LogP contribution in [0.5, 0.6) is 0 Å². The van der Waals surface area contributed by atoms with Crippen molar-refractivity contribution in [2.24, 2.45) is 5.92 Å². The van der Waals surface area contributed by atoms with Crippen LogP contribution in [0.15, 0.2) is 42.5 Å². The minimum Gasteiger partial charge on any atom is -0.427 e. The van der Waals surface area contributed by atoms with Crippen LogP contribution in [0, 0.1) is 11.7 Å². The molecule has 1 spiro atoms. The number of aryl methyl sites for hydroxylation is 1. The molecule has 1 saturated carbocycles. The van der Waals surface area contributed by atoms with Crippen LogP contribution in [-0.4, -0.2) is 67.5 Å². The minimum absolute atomic E-state index is 0.0367. The van der Waals surface area contributed by atoms with Gasteiger partial charge in [-0.1, -0.05) is 18.2 Å². The van der Waals surface area contributed by atoms with Crippen LogP contribution in [0.25, 0.3) is 0 Å². The first kappa shape index (κ1) is 32.2. The van der Waals surface area contributed by atoms with Crippen LogP contribution in [0.1, 0.15) is 42.9 Å². The van der Waals surface area contributed by atoms with Crippen molar-refractivity contribution in [3.8, 4) is 0 Å². The van der Waals surface area contributed by atoms with Gasteiger partial charge in [-0.25, -0.2) is 23.6 Å². The van der Waals surface area contributed by atoms with E-state index < -0.39 is 70.9 Å². The molecule has 12 nitrogen and oxygen atoms in total. The molecule has 2 fully saturated rings. The van der Waals surface area contributed by atoms with Crippen molar-refractivity contribution in [3.63, 3.8) is 0 Å². The number of carbonyl (C=O) groups is 4. The van der Waals surface area contributed by atoms with E-state index in [-0.39, 0.29) is 42.1 Å². The highest BCUT2D eigenvalue weighted by Crippen LogP contribution is 2.46. The lowest BCUT2D eigenvalue weighted by atomic mass is 9.94.